The average Bonchev–Trinajstić information content (AvgIpc) is 2.98. The maximum absolute atomic E-state index is 4.30. The Morgan fingerprint density at radius 3 is 2.62 bits per heavy atom. The van der Waals surface area contributed by atoms with Crippen LogP contribution >= 0.6 is 0 Å². The first-order chi connectivity index (χ1) is 10.3. The standard InChI is InChI=1S/C17H18N4/c1-14(10-16-8-5-9-18-11-16)17-13-21(20-19-17)12-15-6-3-2-4-7-15/h2-9,11,13-14H,10,12H2,1H3. The average molecular weight is 278 g/mol. The molecule has 0 aliphatic carbocycles. The van der Waals surface area contributed by atoms with Gasteiger partial charge in [0.05, 0.1) is 12.2 Å². The molecule has 4 heteroatoms. The number of hydrogen-bond donors (Lipinski definition) is 0. The van der Waals surface area contributed by atoms with Crippen LogP contribution in [0.3, 0.4) is 0 Å². The van der Waals surface area contributed by atoms with E-state index in [2.05, 4.69) is 40.4 Å². The van der Waals surface area contributed by atoms with E-state index in [1.165, 1.54) is 11.1 Å². The van der Waals surface area contributed by atoms with Crippen molar-refractivity contribution in [3.05, 3.63) is 77.9 Å². The van der Waals surface area contributed by atoms with E-state index in [9.17, 15) is 0 Å². The van der Waals surface area contributed by atoms with E-state index in [4.69, 9.17) is 0 Å². The Morgan fingerprint density at radius 1 is 1.05 bits per heavy atom. The minimum Gasteiger partial charge on any atom is -0.264 e. The lowest BCUT2D eigenvalue weighted by molar-refractivity contribution is 0.647. The van der Waals surface area contributed by atoms with Gasteiger partial charge in [0.15, 0.2) is 0 Å². The van der Waals surface area contributed by atoms with Gasteiger partial charge in [0.2, 0.25) is 0 Å². The number of nitrogens with zero attached hydrogens (tertiary/aromatic N) is 4. The molecule has 2 heterocycles. The lowest BCUT2D eigenvalue weighted by Gasteiger charge is -2.07. The van der Waals surface area contributed by atoms with Crippen molar-refractivity contribution in [2.45, 2.75) is 25.8 Å². The molecule has 3 rings (SSSR count). The molecule has 0 amide bonds. The molecule has 1 aromatic carbocycles. The quantitative estimate of drug-likeness (QED) is 0.720. The molecule has 21 heavy (non-hydrogen) atoms. The highest BCUT2D eigenvalue weighted by Gasteiger charge is 2.11. The number of hydrogen-bond acceptors (Lipinski definition) is 3. The van der Waals surface area contributed by atoms with Crippen LogP contribution < -0.4 is 0 Å². The van der Waals surface area contributed by atoms with Gasteiger partial charge in [-0.25, -0.2) is 4.68 Å². The third-order valence-corrected chi connectivity index (χ3v) is 3.51. The fourth-order valence-corrected chi connectivity index (χ4v) is 2.36. The van der Waals surface area contributed by atoms with E-state index < -0.39 is 0 Å². The monoisotopic (exact) mass is 278 g/mol. The lowest BCUT2D eigenvalue weighted by Crippen LogP contribution is -2.00. The maximum atomic E-state index is 4.30. The highest BCUT2D eigenvalue weighted by molar-refractivity contribution is 5.16. The van der Waals surface area contributed by atoms with Gasteiger partial charge in [-0.3, -0.25) is 4.98 Å². The largest absolute Gasteiger partial charge is 0.264 e. The summed E-state index contributed by atoms with van der Waals surface area (Å²) in [5.74, 6) is 0.332. The zero-order valence-corrected chi connectivity index (χ0v) is 12.1. The van der Waals surface area contributed by atoms with Crippen molar-refractivity contribution in [2.24, 2.45) is 0 Å². The first-order valence-corrected chi connectivity index (χ1v) is 7.14. The van der Waals surface area contributed by atoms with Crippen LogP contribution in [0.1, 0.15) is 29.7 Å². The van der Waals surface area contributed by atoms with E-state index in [1.54, 1.807) is 6.20 Å². The Kier molecular flexibility index (Phi) is 4.05. The molecule has 0 aliphatic rings. The predicted molar refractivity (Wildman–Crippen MR) is 81.9 cm³/mol. The molecule has 0 aliphatic heterocycles. The third-order valence-electron chi connectivity index (χ3n) is 3.51. The van der Waals surface area contributed by atoms with Crippen LogP contribution in [0.2, 0.25) is 0 Å². The van der Waals surface area contributed by atoms with Crippen LogP contribution in [0, 0.1) is 0 Å². The minimum atomic E-state index is 0.332. The van der Waals surface area contributed by atoms with Crippen molar-refractivity contribution < 1.29 is 0 Å². The lowest BCUT2D eigenvalue weighted by atomic mass is 10.00. The van der Waals surface area contributed by atoms with E-state index >= 15 is 0 Å². The Bertz CT molecular complexity index is 676. The van der Waals surface area contributed by atoms with Crippen LogP contribution in [-0.2, 0) is 13.0 Å². The van der Waals surface area contributed by atoms with Crippen molar-refractivity contribution >= 4 is 0 Å². The van der Waals surface area contributed by atoms with Crippen molar-refractivity contribution in [3.8, 4) is 0 Å². The molecule has 0 radical (unpaired) electrons. The van der Waals surface area contributed by atoms with E-state index in [1.807, 2.05) is 41.3 Å². The summed E-state index contributed by atoms with van der Waals surface area (Å²) < 4.78 is 1.89. The summed E-state index contributed by atoms with van der Waals surface area (Å²) in [5.41, 5.74) is 3.48. The summed E-state index contributed by atoms with van der Waals surface area (Å²) in [6.45, 7) is 2.93. The van der Waals surface area contributed by atoms with E-state index in [0.717, 1.165) is 18.7 Å². The molecule has 0 N–H and O–H groups in total. The van der Waals surface area contributed by atoms with Gasteiger partial charge in [0.1, 0.15) is 0 Å². The molecule has 3 aromatic rings. The number of benzene rings is 1. The number of pyridine rings is 1. The molecule has 1 unspecified atom stereocenters. The first kappa shape index (κ1) is 13.5. The Morgan fingerprint density at radius 2 is 1.86 bits per heavy atom. The molecule has 0 saturated heterocycles. The summed E-state index contributed by atoms with van der Waals surface area (Å²) in [6.07, 6.45) is 6.67. The fourth-order valence-electron chi connectivity index (χ4n) is 2.36. The molecule has 1 atom stereocenters. The van der Waals surface area contributed by atoms with Gasteiger partial charge in [-0.1, -0.05) is 48.5 Å². The Balaban J connectivity index is 1.67. The highest BCUT2D eigenvalue weighted by atomic mass is 15.4. The van der Waals surface area contributed by atoms with Gasteiger partial charge in [-0.2, -0.15) is 0 Å². The zero-order chi connectivity index (χ0) is 14.5. The van der Waals surface area contributed by atoms with Gasteiger partial charge in [-0.15, -0.1) is 5.10 Å². The molecule has 0 bridgehead atoms. The second-order valence-electron chi connectivity index (χ2n) is 5.29. The smallest absolute Gasteiger partial charge is 0.0858 e. The summed E-state index contributed by atoms with van der Waals surface area (Å²) in [7, 11) is 0. The molecular formula is C17H18N4. The summed E-state index contributed by atoms with van der Waals surface area (Å²) in [4.78, 5) is 4.15. The summed E-state index contributed by atoms with van der Waals surface area (Å²) >= 11 is 0. The summed E-state index contributed by atoms with van der Waals surface area (Å²) in [5, 5.41) is 8.53. The van der Waals surface area contributed by atoms with Crippen LogP contribution in [0.5, 0.6) is 0 Å². The minimum absolute atomic E-state index is 0.332. The van der Waals surface area contributed by atoms with Gasteiger partial charge >= 0.3 is 0 Å². The second kappa shape index (κ2) is 6.31. The van der Waals surface area contributed by atoms with Crippen molar-refractivity contribution in [1.82, 2.24) is 20.0 Å². The molecular weight excluding hydrogens is 260 g/mol. The zero-order valence-electron chi connectivity index (χ0n) is 12.1. The fraction of sp³-hybridized carbons (Fsp3) is 0.235. The molecule has 0 spiro atoms. The SMILES string of the molecule is CC(Cc1cccnc1)c1cn(Cc2ccccc2)nn1. The van der Waals surface area contributed by atoms with E-state index in [-0.39, 0.29) is 0 Å². The van der Waals surface area contributed by atoms with Crippen LogP contribution in [0.15, 0.2) is 61.1 Å². The molecule has 0 fully saturated rings. The van der Waals surface area contributed by atoms with Gasteiger partial charge in [-0.05, 0) is 23.6 Å². The highest BCUT2D eigenvalue weighted by Crippen LogP contribution is 2.17. The predicted octanol–water partition coefficient (Wildman–Crippen LogP) is 3.07. The van der Waals surface area contributed by atoms with E-state index in [0.29, 0.717) is 5.92 Å². The van der Waals surface area contributed by atoms with Crippen LogP contribution in [0.25, 0.3) is 0 Å². The summed E-state index contributed by atoms with van der Waals surface area (Å²) in [6, 6.07) is 14.4. The van der Waals surface area contributed by atoms with Gasteiger partial charge in [0, 0.05) is 24.5 Å². The number of rotatable bonds is 5. The Labute approximate surface area is 124 Å². The van der Waals surface area contributed by atoms with Gasteiger partial charge in [0.25, 0.3) is 0 Å². The first-order valence-electron chi connectivity index (χ1n) is 7.14. The molecule has 106 valence electrons. The molecule has 0 saturated carbocycles. The third kappa shape index (κ3) is 3.54. The molecule has 4 nitrogen and oxygen atoms in total. The second-order valence-corrected chi connectivity index (χ2v) is 5.29. The number of aromatic nitrogens is 4. The molecule has 2 aromatic heterocycles. The maximum Gasteiger partial charge on any atom is 0.0858 e. The van der Waals surface area contributed by atoms with Crippen molar-refractivity contribution in [3.63, 3.8) is 0 Å². The van der Waals surface area contributed by atoms with Crippen molar-refractivity contribution in [2.75, 3.05) is 0 Å². The normalized spacial score (nSPS) is 12.2. The topological polar surface area (TPSA) is 43.6 Å². The van der Waals surface area contributed by atoms with Crippen LogP contribution in [-0.4, -0.2) is 20.0 Å². The van der Waals surface area contributed by atoms with Crippen LogP contribution in [0.4, 0.5) is 0 Å². The van der Waals surface area contributed by atoms with Gasteiger partial charge < -0.3 is 0 Å². The Hall–Kier alpha value is -2.49. The van der Waals surface area contributed by atoms with Crippen molar-refractivity contribution in [1.29, 1.82) is 0 Å².